The van der Waals surface area contributed by atoms with Gasteiger partial charge in [0, 0.05) is 168 Å². The van der Waals surface area contributed by atoms with Crippen LogP contribution in [0.4, 0.5) is 0 Å². The SMILES string of the molecule is CC(=O)OCC(OC(C)=O)C(OC(C)=O)C(OC(C)=O)C(OC(C)=O)C(=O)NCC(CN)(CNC(=O)C(OC(C)=O)C(OC(C)=O)C(OC(C)=O)C(COC(C)=O)OC(C)=O)CNC(=O)C(OC(C)=O)C(OC(C)=O)C(OC(C)=O)C(COC(C)=O)OC(C)=O.C[C@@H](CCC(=O)ON1C(=O)CCC1=O)C(=O)ON1C(=O)CCC1=O. The Morgan fingerprint density at radius 2 is 0.561 bits per heavy atom. The van der Waals surface area contributed by atoms with E-state index in [1.807, 2.05) is 0 Å². The van der Waals surface area contributed by atoms with E-state index in [9.17, 15) is 115 Å². The quantitative estimate of drug-likeness (QED) is 0.0255. The fourth-order valence-electron chi connectivity index (χ4n) is 9.91. The maximum absolute atomic E-state index is 14.7. The van der Waals surface area contributed by atoms with Crippen LogP contribution in [0, 0.1) is 11.3 Å². The van der Waals surface area contributed by atoms with Gasteiger partial charge in [-0.25, -0.2) is 9.59 Å². The third-order valence-corrected chi connectivity index (χ3v) is 14.7. The predicted molar refractivity (Wildman–Crippen MR) is 360 cm³/mol. The van der Waals surface area contributed by atoms with Crippen molar-refractivity contribution in [2.75, 3.05) is 46.0 Å². The number of imide groups is 2. The van der Waals surface area contributed by atoms with Gasteiger partial charge in [-0.2, -0.15) is 0 Å². The Kier molecular flexibility index (Phi) is 42.3. The molecule has 2 fully saturated rings. The number of esters is 15. The smallest absolute Gasteiger partial charge is 0.335 e. The number of hydrogen-bond donors (Lipinski definition) is 4. The molecule has 0 aromatic heterocycles. The molecule has 0 spiro atoms. The van der Waals surface area contributed by atoms with Crippen LogP contribution in [-0.4, -0.2) is 272 Å². The lowest BCUT2D eigenvalue weighted by Gasteiger charge is -2.38. The summed E-state index contributed by atoms with van der Waals surface area (Å²) in [6.45, 7) is 6.89. The summed E-state index contributed by atoms with van der Waals surface area (Å²) in [4.78, 5) is 310. The highest BCUT2D eigenvalue weighted by Crippen LogP contribution is 2.27. The number of nitrogens with one attached hydrogen (secondary N) is 3. The molecule has 7 amide bonds. The van der Waals surface area contributed by atoms with Gasteiger partial charge >= 0.3 is 101 Å². The number of carbonyl (C=O) groups is 24. The summed E-state index contributed by atoms with van der Waals surface area (Å²) < 4.78 is 78.7. The first-order chi connectivity index (χ1) is 52.9. The van der Waals surface area contributed by atoms with Gasteiger partial charge in [0.05, 0.1) is 5.92 Å². The average molecular weight is 1640 g/mol. The highest BCUT2D eigenvalue weighted by molar-refractivity contribution is 6.02. The summed E-state index contributed by atoms with van der Waals surface area (Å²) in [7, 11) is 0. The van der Waals surface area contributed by atoms with E-state index in [-0.39, 0.29) is 38.5 Å². The number of nitrogens with zero attached hydrogens (tertiary/aromatic N) is 2. The van der Waals surface area contributed by atoms with E-state index >= 15 is 0 Å². The van der Waals surface area contributed by atoms with Crippen LogP contribution in [0.15, 0.2) is 0 Å². The topological polar surface area (TPSA) is 635 Å². The summed E-state index contributed by atoms with van der Waals surface area (Å²) in [5.41, 5.74) is 4.17. The third kappa shape index (κ3) is 36.7. The lowest BCUT2D eigenvalue weighted by molar-refractivity contribution is -0.203. The van der Waals surface area contributed by atoms with Crippen molar-refractivity contribution < 1.29 is 196 Å². The van der Waals surface area contributed by atoms with E-state index in [2.05, 4.69) is 20.8 Å². The standard InChI is InChI=1S/C53H76N4O33.C14H16N2O8/c1-23(58)76-16-38(79-26(4)61)41(82-29(7)64)44(85-32(10)67)47(88-35(13)70)50(73)55-20-53(19-54,21-56-51(74)48(89-36(14)71)45(86-33(11)68)42(83-30(8)65)39(80-27(5)62)17-77-24(2)59)22-57-52(75)49(90-37(15)72)46(87-34(12)69)43(84-31(9)66)40(81-28(6)63)18-78-25(3)60;1-8(14(22)24-16-11(19)5-6-12(16)20)2-7-13(21)23-15-9(17)3-4-10(15)18/h38-49H,16-22,54H2,1-15H3,(H,55,73)(H,56,74)(H,57,75);8H,2-7H2,1H3/t;8-/m.0/s1. The van der Waals surface area contributed by atoms with Crippen LogP contribution in [0.1, 0.15) is 149 Å². The number of carbonyl (C=O) groups excluding carboxylic acids is 24. The Morgan fingerprint density at radius 1 is 0.333 bits per heavy atom. The Bertz CT molecular complexity index is 3310. The molecule has 636 valence electrons. The highest BCUT2D eigenvalue weighted by Gasteiger charge is 2.52. The minimum Gasteiger partial charge on any atom is -0.462 e. The van der Waals surface area contributed by atoms with Gasteiger partial charge in [0.15, 0.2) is 54.9 Å². The second-order valence-electron chi connectivity index (χ2n) is 24.7. The molecule has 5 N–H and O–H groups in total. The van der Waals surface area contributed by atoms with E-state index < -0.39 is 273 Å². The van der Waals surface area contributed by atoms with E-state index in [1.165, 1.54) is 6.92 Å². The van der Waals surface area contributed by atoms with Gasteiger partial charge in [-0.15, -0.1) is 10.1 Å². The van der Waals surface area contributed by atoms with Crippen molar-refractivity contribution in [3.63, 3.8) is 0 Å². The molecule has 2 aliphatic heterocycles. The van der Waals surface area contributed by atoms with Gasteiger partial charge in [0.25, 0.3) is 41.4 Å². The molecule has 2 heterocycles. The second kappa shape index (κ2) is 48.4. The van der Waals surface area contributed by atoms with Crippen molar-refractivity contribution in [3.8, 4) is 0 Å². The minimum absolute atomic E-state index is 0.00408. The molecule has 47 heteroatoms. The van der Waals surface area contributed by atoms with Crippen molar-refractivity contribution in [3.05, 3.63) is 0 Å². The first-order valence-corrected chi connectivity index (χ1v) is 34.1. The molecule has 12 unspecified atom stereocenters. The number of ether oxygens (including phenoxy) is 15. The van der Waals surface area contributed by atoms with Crippen LogP contribution in [0.5, 0.6) is 0 Å². The molecule has 0 radical (unpaired) electrons. The maximum Gasteiger partial charge on any atom is 0.335 e. The van der Waals surface area contributed by atoms with Crippen LogP contribution in [0.3, 0.4) is 0 Å². The molecule has 0 aliphatic carbocycles. The molecule has 0 saturated carbocycles. The summed E-state index contributed by atoms with van der Waals surface area (Å²) in [6, 6.07) is 0. The molecule has 0 bridgehead atoms. The van der Waals surface area contributed by atoms with E-state index in [0.29, 0.717) is 10.1 Å². The summed E-state index contributed by atoms with van der Waals surface area (Å²) in [5.74, 6) is -27.2. The van der Waals surface area contributed by atoms with Crippen molar-refractivity contribution in [1.29, 1.82) is 0 Å². The third-order valence-electron chi connectivity index (χ3n) is 14.7. The molecule has 2 rings (SSSR count). The average Bonchev–Trinajstić information content (AvgIpc) is 1.16. The van der Waals surface area contributed by atoms with Crippen molar-refractivity contribution in [1.82, 2.24) is 26.1 Å². The van der Waals surface area contributed by atoms with Crippen LogP contribution in [0.25, 0.3) is 0 Å². The Labute approximate surface area is 648 Å². The fraction of sp³-hybridized carbons (Fsp3) is 0.642. The molecule has 0 aromatic rings. The molecular formula is C67H92N6O41. The Balaban J connectivity index is 0.00000227. The predicted octanol–water partition coefficient (Wildman–Crippen LogP) is -4.23. The van der Waals surface area contributed by atoms with Crippen LogP contribution in [-0.2, 0) is 196 Å². The summed E-state index contributed by atoms with van der Waals surface area (Å²) in [5, 5.41) is 7.77. The number of nitrogens with two attached hydrogens (primary N) is 1. The molecule has 0 aromatic carbocycles. The first kappa shape index (κ1) is 99.6. The molecule has 2 saturated heterocycles. The Morgan fingerprint density at radius 3 is 0.781 bits per heavy atom. The highest BCUT2D eigenvalue weighted by atomic mass is 16.7. The molecule has 114 heavy (non-hydrogen) atoms. The van der Waals surface area contributed by atoms with Gasteiger partial charge in [0.2, 0.25) is 18.3 Å². The number of rotatable bonds is 43. The number of amides is 7. The molecule has 47 nitrogen and oxygen atoms in total. The van der Waals surface area contributed by atoms with Crippen LogP contribution < -0.4 is 21.7 Å². The first-order valence-electron chi connectivity index (χ1n) is 34.1. The van der Waals surface area contributed by atoms with Gasteiger partial charge in [0.1, 0.15) is 19.8 Å². The molecular weight excluding hydrogens is 1540 g/mol. The largest absolute Gasteiger partial charge is 0.462 e. The Hall–Kier alpha value is -12.4. The van der Waals surface area contributed by atoms with Crippen molar-refractivity contribution in [2.24, 2.45) is 17.1 Å². The normalized spacial score (nSPS) is 16.1. The van der Waals surface area contributed by atoms with Crippen LogP contribution in [0.2, 0.25) is 0 Å². The zero-order chi connectivity index (χ0) is 87.4. The van der Waals surface area contributed by atoms with E-state index in [0.717, 1.165) is 104 Å². The molecule has 13 atom stereocenters. The second-order valence-corrected chi connectivity index (χ2v) is 24.7. The lowest BCUT2D eigenvalue weighted by Crippen LogP contribution is -2.62. The number of hydroxylamine groups is 4. The minimum atomic E-state index is -2.51. The summed E-state index contributed by atoms with van der Waals surface area (Å²) >= 11 is 0. The number of hydrogen-bond acceptors (Lipinski definition) is 42. The fourth-order valence-corrected chi connectivity index (χ4v) is 9.91. The van der Waals surface area contributed by atoms with Gasteiger partial charge in [-0.05, 0) is 6.42 Å². The van der Waals surface area contributed by atoms with Crippen molar-refractivity contribution >= 4 is 143 Å². The zero-order valence-corrected chi connectivity index (χ0v) is 64.9. The maximum atomic E-state index is 14.7. The summed E-state index contributed by atoms with van der Waals surface area (Å²) in [6.07, 6.45) is -27.3. The van der Waals surface area contributed by atoms with Crippen LogP contribution >= 0.6 is 0 Å². The zero-order valence-electron chi connectivity index (χ0n) is 64.9. The van der Waals surface area contributed by atoms with Gasteiger partial charge in [-0.3, -0.25) is 105 Å². The van der Waals surface area contributed by atoms with Crippen molar-refractivity contribution in [2.45, 2.75) is 223 Å². The van der Waals surface area contributed by atoms with Gasteiger partial charge in [-0.1, -0.05) is 6.92 Å². The van der Waals surface area contributed by atoms with E-state index in [1.54, 1.807) is 0 Å². The van der Waals surface area contributed by atoms with E-state index in [4.69, 9.17) is 81.6 Å². The lowest BCUT2D eigenvalue weighted by atomic mass is 9.86. The molecule has 2 aliphatic rings. The monoisotopic (exact) mass is 1640 g/mol. The van der Waals surface area contributed by atoms with Gasteiger partial charge < -0.3 is 102 Å².